The van der Waals surface area contributed by atoms with E-state index in [1.165, 1.54) is 67.5 Å². The Morgan fingerprint density at radius 2 is 1.58 bits per heavy atom. The van der Waals surface area contributed by atoms with E-state index in [1.54, 1.807) is 12.1 Å². The third kappa shape index (κ3) is 19.1. The largest absolute Gasteiger partial charge is 0.507 e. The fourth-order valence-electron chi connectivity index (χ4n) is 13.2. The summed E-state index contributed by atoms with van der Waals surface area (Å²) in [6, 6.07) is 10.8. The molecule has 2 fully saturated rings. The molecule has 11 rings (SSSR count). The van der Waals surface area contributed by atoms with Crippen LogP contribution >= 0.6 is 0 Å². The van der Waals surface area contributed by atoms with Gasteiger partial charge in [0.2, 0.25) is 23.9 Å². The molecule has 42 heteroatoms. The average Bonchev–Trinajstić information content (AvgIpc) is 0.740. The van der Waals surface area contributed by atoms with Gasteiger partial charge >= 0.3 is 17.7 Å². The smallest absolute Gasteiger partial charge is 0.408 e. The molecule has 3 amide bonds. The number of aliphatic hydroxyl groups excluding tert-OH is 6. The Kier molecular flexibility index (Phi) is 26.6. The molecule has 0 bridgehead atoms. The molecule has 13 atom stereocenters. The molecule has 4 aromatic carbocycles. The second-order valence-corrected chi connectivity index (χ2v) is 26.6. The fourth-order valence-corrected chi connectivity index (χ4v) is 13.2. The standard InChI is InChI=1S/C71H81N13O29/c1-32-56(89)41(24-50(109-32)110-46-26-71(102,48(87)31-86)25-39-52(46)61(94)54-53(58(39)91)57(90)38-4-3-5-44(105-2)51(38)60(54)93)78-70(101)113-45(34-8-12-43(42(22-34)84(103)104)111-68-63(96)62(95)59(92)47(30-85)112-68)23-36-29-83(82-81-36)15-17-107-19-21-108-20-18-106-16-14-73-49(88)13-11-40(67(99)100)77-65(97)33-6-9-35(10-7-33)74-27-37-28-75-64-55(76-37)66(98)80-69(72)79-64/h3-10,12,22,28-29,32,40-41,45-47,50,56,59,62-63,68,74,85-86,89,91-92,94-96,102H,11,13-21,23-27,30-31H2,1-2H3,(H,73,88)(H,77,97)(H,78,101)(H,99,100)(H3,72,75,79,80,98)/t32-,40-,41-,45?,46-,47+,50-,56+,59-,62-,63+,68+,71-/m0/s1. The lowest BCUT2D eigenvalue weighted by molar-refractivity contribution is -0.387. The number of nitro benzene ring substituents is 1. The van der Waals surface area contributed by atoms with Crippen LogP contribution in [0.25, 0.3) is 11.2 Å². The van der Waals surface area contributed by atoms with Gasteiger partial charge in [0.1, 0.15) is 72.1 Å². The Balaban J connectivity index is 0.659. The molecule has 2 aliphatic carbocycles. The molecule has 5 heterocycles. The fraction of sp³-hybridized carbons (Fsp3) is 0.451. The molecule has 7 aromatic rings. The number of carboxylic acids is 1. The van der Waals surface area contributed by atoms with Crippen LogP contribution in [0.3, 0.4) is 0 Å². The predicted octanol–water partition coefficient (Wildman–Crippen LogP) is -1.52. The van der Waals surface area contributed by atoms with E-state index in [1.807, 2.05) is 0 Å². The van der Waals surface area contributed by atoms with E-state index in [0.29, 0.717) is 11.4 Å². The molecule has 0 spiro atoms. The van der Waals surface area contributed by atoms with Crippen molar-refractivity contribution in [3.63, 3.8) is 0 Å². The number of aliphatic carboxylic acids is 1. The molecule has 42 nitrogen and oxygen atoms in total. The lowest BCUT2D eigenvalue weighted by Gasteiger charge is -2.42. The highest BCUT2D eigenvalue weighted by molar-refractivity contribution is 6.31. The van der Waals surface area contributed by atoms with E-state index in [9.17, 15) is 99.5 Å². The number of phenols is 2. The number of rotatable bonds is 35. The molecule has 604 valence electrons. The Hall–Kier alpha value is -11.4. The number of hydrogen-bond acceptors (Lipinski definition) is 35. The van der Waals surface area contributed by atoms with Gasteiger partial charge in [-0.15, -0.1) is 5.10 Å². The number of aromatic nitrogens is 7. The monoisotopic (exact) mass is 1580 g/mol. The second kappa shape index (κ2) is 36.4. The van der Waals surface area contributed by atoms with Crippen molar-refractivity contribution in [3.05, 3.63) is 149 Å². The first-order valence-electron chi connectivity index (χ1n) is 35.3. The number of benzene rings is 4. The first kappa shape index (κ1) is 82.6. The molecular weight excluding hydrogens is 1500 g/mol. The molecule has 1 unspecified atom stereocenters. The topological polar surface area (TPSA) is 624 Å². The highest BCUT2D eigenvalue weighted by Crippen LogP contribution is 2.53. The number of nitrogens with one attached hydrogen (secondary N) is 5. The maximum absolute atomic E-state index is 14.3. The van der Waals surface area contributed by atoms with E-state index >= 15 is 0 Å². The normalized spacial score (nSPS) is 22.4. The number of carbonyl (C=O) groups is 7. The summed E-state index contributed by atoms with van der Waals surface area (Å²) in [5, 5.41) is 140. The number of alkyl carbamates (subject to hydrolysis) is 1. The summed E-state index contributed by atoms with van der Waals surface area (Å²) in [4.78, 5) is 132. The number of amides is 3. The number of nitrogens with zero attached hydrogens (tertiary/aromatic N) is 7. The molecule has 2 saturated heterocycles. The quantitative estimate of drug-likeness (QED) is 0.00928. The minimum Gasteiger partial charge on any atom is -0.507 e. The van der Waals surface area contributed by atoms with Gasteiger partial charge in [0.05, 0.1) is 124 Å². The lowest BCUT2D eigenvalue weighted by atomic mass is 9.72. The minimum absolute atomic E-state index is 0.00888. The van der Waals surface area contributed by atoms with Crippen LogP contribution < -0.4 is 42.0 Å². The predicted molar refractivity (Wildman–Crippen MR) is 381 cm³/mol. The van der Waals surface area contributed by atoms with Gasteiger partial charge in [-0.05, 0) is 55.3 Å². The van der Waals surface area contributed by atoms with E-state index in [2.05, 4.69) is 51.5 Å². The number of ether oxygens (including phenoxy) is 9. The van der Waals surface area contributed by atoms with Crippen molar-refractivity contribution >= 4 is 69.7 Å². The van der Waals surface area contributed by atoms with Gasteiger partial charge in [-0.1, -0.05) is 23.4 Å². The Bertz CT molecular complexity index is 4760. The van der Waals surface area contributed by atoms with Crippen LogP contribution in [0.2, 0.25) is 0 Å². The van der Waals surface area contributed by atoms with Crippen molar-refractivity contribution < 1.29 is 132 Å². The number of carbonyl (C=O) groups excluding carboxylic acids is 6. The van der Waals surface area contributed by atoms with Crippen molar-refractivity contribution in [1.82, 2.24) is 50.9 Å². The summed E-state index contributed by atoms with van der Waals surface area (Å²) < 4.78 is 52.9. The summed E-state index contributed by atoms with van der Waals surface area (Å²) in [6.45, 7) is 0.416. The van der Waals surface area contributed by atoms with E-state index < -0.39 is 197 Å². The van der Waals surface area contributed by atoms with Crippen LogP contribution in [0.5, 0.6) is 23.0 Å². The minimum atomic E-state index is -2.52. The zero-order valence-electron chi connectivity index (χ0n) is 60.3. The molecular formula is C71H81N13O29. The van der Waals surface area contributed by atoms with Crippen molar-refractivity contribution in [2.45, 2.75) is 138 Å². The number of ketones is 3. The number of aromatic amines is 1. The Labute approximate surface area is 638 Å². The van der Waals surface area contributed by atoms with Crippen LogP contribution in [-0.2, 0) is 73.5 Å². The van der Waals surface area contributed by atoms with Gasteiger partial charge in [-0.2, -0.15) is 4.98 Å². The van der Waals surface area contributed by atoms with Crippen LogP contribution in [0, 0.1) is 10.1 Å². The van der Waals surface area contributed by atoms with Gasteiger partial charge in [-0.3, -0.25) is 43.9 Å². The van der Waals surface area contributed by atoms with Crippen molar-refractivity contribution in [2.24, 2.45) is 0 Å². The zero-order valence-corrected chi connectivity index (χ0v) is 60.3. The second-order valence-electron chi connectivity index (χ2n) is 26.6. The number of H-pyrrole nitrogens is 1. The molecule has 0 radical (unpaired) electrons. The third-order valence-corrected chi connectivity index (χ3v) is 19.1. The van der Waals surface area contributed by atoms with Crippen LogP contribution in [0.15, 0.2) is 77.9 Å². The summed E-state index contributed by atoms with van der Waals surface area (Å²) >= 11 is 0. The SMILES string of the molecule is COc1cccc2c1C(=O)c1c(O)c3c(c(O)c1C2=O)C[C@@](O)(C(=O)CO)C[C@@H]3O[C@H]1C[C@H](NC(=O)OC(Cc2cn(CCOCCOCCOCCNC(=O)CC[C@H](NC(=O)c3ccc(NCc4cnc5nc(N)[nH]c(=O)c5n4)cc3)C(=O)O)nn2)c2ccc(O[C@@H]3O[C@H](CO)[C@H](O)[C@H](O)[C@H]3O)c([N+](=O)[O-])c2)[C@H](O)[C@H](C)O1. The van der Waals surface area contributed by atoms with Gasteiger partial charge in [-0.25, -0.2) is 24.2 Å². The van der Waals surface area contributed by atoms with Crippen molar-refractivity contribution in [1.29, 1.82) is 0 Å². The Morgan fingerprint density at radius 1 is 0.858 bits per heavy atom. The number of nitrogens with two attached hydrogens (primary N) is 1. The third-order valence-electron chi connectivity index (χ3n) is 19.1. The van der Waals surface area contributed by atoms with Gasteiger partial charge < -0.3 is 121 Å². The van der Waals surface area contributed by atoms with Gasteiger partial charge in [0.25, 0.3) is 11.5 Å². The number of nitro groups is 1. The van der Waals surface area contributed by atoms with Gasteiger partial charge in [0.15, 0.2) is 34.8 Å². The summed E-state index contributed by atoms with van der Waals surface area (Å²) in [6.07, 6.45) is -17.6. The number of nitrogen functional groups attached to an aromatic ring is 1. The summed E-state index contributed by atoms with van der Waals surface area (Å²) in [5.41, 5.74) is 0.615. The number of fused-ring (bicyclic) bond motifs is 4. The highest BCUT2D eigenvalue weighted by Gasteiger charge is 2.51. The number of carboxylic acid groups (broad SMARTS) is 1. The van der Waals surface area contributed by atoms with Crippen LogP contribution in [0.4, 0.5) is 22.1 Å². The zero-order chi connectivity index (χ0) is 81.1. The maximum atomic E-state index is 14.3. The summed E-state index contributed by atoms with van der Waals surface area (Å²) in [7, 11) is 1.25. The number of methoxy groups -OCH3 is 1. The molecule has 4 aliphatic rings. The average molecular weight is 1580 g/mol. The highest BCUT2D eigenvalue weighted by atomic mass is 16.7. The van der Waals surface area contributed by atoms with E-state index in [0.717, 1.165) is 12.1 Å². The first-order valence-corrected chi connectivity index (χ1v) is 35.3. The molecule has 2 aliphatic heterocycles. The first-order chi connectivity index (χ1) is 54.1. The lowest BCUT2D eigenvalue weighted by Crippen LogP contribution is -2.60. The maximum Gasteiger partial charge on any atom is 0.408 e. The molecule has 3 aromatic heterocycles. The number of Topliss-reactive ketones (excluding diaryl/α,β-unsaturated/α-hetero) is 1. The molecule has 17 N–H and O–H groups in total. The number of anilines is 2. The number of phenolic OH excluding ortho intramolecular Hbond substituents is 2. The van der Waals surface area contributed by atoms with Gasteiger partial charge in [0, 0.05) is 78.9 Å². The number of aromatic hydroxyl groups is 2. The van der Waals surface area contributed by atoms with Crippen molar-refractivity contribution in [3.8, 4) is 23.0 Å². The van der Waals surface area contributed by atoms with E-state index in [-0.39, 0.29) is 140 Å². The number of aliphatic hydroxyl groups is 7. The molecule has 0 saturated carbocycles. The van der Waals surface area contributed by atoms with Crippen LogP contribution in [-0.4, -0.2) is 266 Å². The summed E-state index contributed by atoms with van der Waals surface area (Å²) in [5.74, 6) is -7.90. The molecule has 113 heavy (non-hydrogen) atoms. The van der Waals surface area contributed by atoms with E-state index in [4.69, 9.17) is 48.4 Å². The Morgan fingerprint density at radius 3 is 2.29 bits per heavy atom. The number of hydrogen-bond donors (Lipinski definition) is 16. The van der Waals surface area contributed by atoms with Crippen molar-refractivity contribution in [2.75, 3.05) is 77.6 Å². The van der Waals surface area contributed by atoms with Crippen LogP contribution in [0.1, 0.15) is 115 Å².